The van der Waals surface area contributed by atoms with Crippen molar-refractivity contribution < 1.29 is 28.1 Å². The Morgan fingerprint density at radius 1 is 1.00 bits per heavy atom. The summed E-state index contributed by atoms with van der Waals surface area (Å²) in [6.07, 6.45) is 0. The van der Waals surface area contributed by atoms with Crippen LogP contribution in [-0.4, -0.2) is 12.6 Å². The Morgan fingerprint density at radius 2 is 1.73 bits per heavy atom. The Labute approximate surface area is 241 Å². The summed E-state index contributed by atoms with van der Waals surface area (Å²) in [5.41, 5.74) is 9.48. The van der Waals surface area contributed by atoms with E-state index in [-0.39, 0.29) is 36.2 Å². The number of carbonyl (C=O) groups excluding carboxylic acids is 1. The van der Waals surface area contributed by atoms with E-state index in [0.717, 1.165) is 16.7 Å². The van der Waals surface area contributed by atoms with Gasteiger partial charge >= 0.3 is 5.97 Å². The van der Waals surface area contributed by atoms with Gasteiger partial charge in [0.15, 0.2) is 6.61 Å². The lowest BCUT2D eigenvalue weighted by Crippen LogP contribution is -2.21. The third-order valence-electron chi connectivity index (χ3n) is 6.44. The van der Waals surface area contributed by atoms with Crippen molar-refractivity contribution in [2.75, 3.05) is 6.61 Å². The molecule has 0 amide bonds. The zero-order valence-corrected chi connectivity index (χ0v) is 22.7. The van der Waals surface area contributed by atoms with Crippen molar-refractivity contribution >= 4 is 17.6 Å². The van der Waals surface area contributed by atoms with Crippen LogP contribution in [0, 0.1) is 24.1 Å². The SMILES string of the molecule is Cc1cc(Cl)ccc1OCC(=O)Oc1ccc2c(c1)OC(N)=C(C#N)C2c1ccc(OCc2ccc(F)cc2)cc1. The molecule has 0 bridgehead atoms. The fourth-order valence-corrected chi connectivity index (χ4v) is 4.64. The van der Waals surface area contributed by atoms with Crippen molar-refractivity contribution in [3.05, 3.63) is 129 Å². The van der Waals surface area contributed by atoms with Crippen LogP contribution in [0.1, 0.15) is 28.2 Å². The number of benzene rings is 4. The monoisotopic (exact) mass is 570 g/mol. The van der Waals surface area contributed by atoms with Gasteiger partial charge in [-0.1, -0.05) is 41.9 Å². The van der Waals surface area contributed by atoms with Crippen molar-refractivity contribution in [2.24, 2.45) is 5.73 Å². The predicted octanol–water partition coefficient (Wildman–Crippen LogP) is 6.57. The molecule has 1 unspecified atom stereocenters. The standard InChI is InChI=1S/C32H24ClFN2O5/c1-19-14-22(33)6-13-28(19)39-18-30(37)40-25-11-12-26-29(15-25)41-32(36)27(16-35)31(26)21-4-9-24(10-5-21)38-17-20-2-7-23(34)8-3-20/h2-15,31H,17-18,36H2,1H3. The van der Waals surface area contributed by atoms with Crippen LogP contribution in [0.4, 0.5) is 4.39 Å². The molecule has 1 aliphatic rings. The van der Waals surface area contributed by atoms with E-state index in [1.165, 1.54) is 12.1 Å². The molecule has 0 saturated carbocycles. The molecule has 0 saturated heterocycles. The lowest BCUT2D eigenvalue weighted by molar-refractivity contribution is -0.136. The Bertz CT molecular complexity index is 1660. The van der Waals surface area contributed by atoms with Gasteiger partial charge in [0.05, 0.1) is 5.92 Å². The number of rotatable bonds is 8. The highest BCUT2D eigenvalue weighted by Gasteiger charge is 2.31. The first-order chi connectivity index (χ1) is 19.8. The van der Waals surface area contributed by atoms with Gasteiger partial charge < -0.3 is 24.7 Å². The minimum absolute atomic E-state index is 0.0355. The number of allylic oxidation sites excluding steroid dienone is 1. The van der Waals surface area contributed by atoms with Crippen LogP contribution >= 0.6 is 11.6 Å². The Balaban J connectivity index is 1.29. The highest BCUT2D eigenvalue weighted by atomic mass is 35.5. The molecule has 1 heterocycles. The zero-order valence-electron chi connectivity index (χ0n) is 21.9. The molecule has 0 radical (unpaired) electrons. The number of aryl methyl sites for hydroxylation is 1. The molecular formula is C32H24ClFN2O5. The van der Waals surface area contributed by atoms with Gasteiger partial charge in [-0.05, 0) is 72.1 Å². The van der Waals surface area contributed by atoms with Crippen molar-refractivity contribution in [1.29, 1.82) is 5.26 Å². The highest BCUT2D eigenvalue weighted by molar-refractivity contribution is 6.30. The largest absolute Gasteiger partial charge is 0.489 e. The van der Waals surface area contributed by atoms with E-state index >= 15 is 0 Å². The lowest BCUT2D eigenvalue weighted by atomic mass is 9.83. The first-order valence-corrected chi connectivity index (χ1v) is 13.0. The topological polar surface area (TPSA) is 104 Å². The molecule has 7 nitrogen and oxygen atoms in total. The maximum absolute atomic E-state index is 13.1. The first kappa shape index (κ1) is 27.6. The second-order valence-electron chi connectivity index (χ2n) is 9.28. The number of hydrogen-bond acceptors (Lipinski definition) is 7. The number of carbonyl (C=O) groups is 1. The smallest absolute Gasteiger partial charge is 0.349 e. The minimum atomic E-state index is -0.607. The highest BCUT2D eigenvalue weighted by Crippen LogP contribution is 2.43. The van der Waals surface area contributed by atoms with E-state index in [4.69, 9.17) is 36.3 Å². The van der Waals surface area contributed by atoms with E-state index in [0.29, 0.717) is 27.8 Å². The molecule has 41 heavy (non-hydrogen) atoms. The molecule has 206 valence electrons. The van der Waals surface area contributed by atoms with E-state index in [2.05, 4.69) is 6.07 Å². The summed E-state index contributed by atoms with van der Waals surface area (Å²) >= 11 is 5.96. The maximum atomic E-state index is 13.1. The maximum Gasteiger partial charge on any atom is 0.349 e. The van der Waals surface area contributed by atoms with E-state index in [1.54, 1.807) is 60.7 Å². The molecular weight excluding hydrogens is 547 g/mol. The molecule has 2 N–H and O–H groups in total. The van der Waals surface area contributed by atoms with E-state index < -0.39 is 11.9 Å². The fourth-order valence-electron chi connectivity index (χ4n) is 4.42. The summed E-state index contributed by atoms with van der Waals surface area (Å²) in [6, 6.07) is 25.5. The van der Waals surface area contributed by atoms with Crippen LogP contribution < -0.4 is 24.7 Å². The minimum Gasteiger partial charge on any atom is -0.489 e. The number of nitrogens with two attached hydrogens (primary N) is 1. The van der Waals surface area contributed by atoms with Crippen molar-refractivity contribution in [3.63, 3.8) is 0 Å². The number of halogens is 2. The molecule has 0 aliphatic carbocycles. The van der Waals surface area contributed by atoms with E-state index in [1.807, 2.05) is 19.1 Å². The average molecular weight is 571 g/mol. The quantitative estimate of drug-likeness (QED) is 0.189. The van der Waals surface area contributed by atoms with Gasteiger partial charge in [0.25, 0.3) is 0 Å². The predicted molar refractivity (Wildman–Crippen MR) is 150 cm³/mol. The third kappa shape index (κ3) is 6.43. The van der Waals surface area contributed by atoms with Gasteiger partial charge in [0.1, 0.15) is 47.1 Å². The van der Waals surface area contributed by atoms with Crippen LogP contribution in [0.5, 0.6) is 23.0 Å². The zero-order chi connectivity index (χ0) is 28.9. The molecule has 1 aliphatic heterocycles. The fraction of sp³-hybridized carbons (Fsp3) is 0.125. The molecule has 0 aromatic heterocycles. The van der Waals surface area contributed by atoms with Crippen molar-refractivity contribution in [2.45, 2.75) is 19.4 Å². The third-order valence-corrected chi connectivity index (χ3v) is 6.67. The van der Waals surface area contributed by atoms with E-state index in [9.17, 15) is 14.4 Å². The van der Waals surface area contributed by atoms with Crippen molar-refractivity contribution in [1.82, 2.24) is 0 Å². The van der Waals surface area contributed by atoms with Gasteiger partial charge in [0.2, 0.25) is 5.88 Å². The Hall–Kier alpha value is -5.00. The molecule has 1 atom stereocenters. The van der Waals surface area contributed by atoms with Gasteiger partial charge in [-0.2, -0.15) is 5.26 Å². The van der Waals surface area contributed by atoms with Gasteiger partial charge in [-0.15, -0.1) is 0 Å². The number of hydrogen-bond donors (Lipinski definition) is 1. The van der Waals surface area contributed by atoms with Crippen LogP contribution in [0.15, 0.2) is 96.4 Å². The number of fused-ring (bicyclic) bond motifs is 1. The number of ether oxygens (including phenoxy) is 4. The second kappa shape index (κ2) is 12.0. The normalized spacial score (nSPS) is 14.0. The van der Waals surface area contributed by atoms with Crippen LogP contribution in [-0.2, 0) is 11.4 Å². The molecule has 5 rings (SSSR count). The molecule has 4 aromatic carbocycles. The summed E-state index contributed by atoms with van der Waals surface area (Å²) in [5.74, 6) is 0.283. The van der Waals surface area contributed by atoms with Crippen LogP contribution in [0.2, 0.25) is 5.02 Å². The van der Waals surface area contributed by atoms with Gasteiger partial charge in [-0.25, -0.2) is 9.18 Å². The number of nitriles is 1. The molecule has 0 spiro atoms. The van der Waals surface area contributed by atoms with Gasteiger partial charge in [0, 0.05) is 16.7 Å². The molecule has 0 fully saturated rings. The first-order valence-electron chi connectivity index (χ1n) is 12.6. The van der Waals surface area contributed by atoms with Crippen molar-refractivity contribution in [3.8, 4) is 29.1 Å². The van der Waals surface area contributed by atoms with Gasteiger partial charge in [-0.3, -0.25) is 0 Å². The van der Waals surface area contributed by atoms with Crippen LogP contribution in [0.25, 0.3) is 0 Å². The Kier molecular flexibility index (Phi) is 8.09. The summed E-state index contributed by atoms with van der Waals surface area (Å²) in [5, 5.41) is 10.4. The molecule has 9 heteroatoms. The second-order valence-corrected chi connectivity index (χ2v) is 9.72. The summed E-state index contributed by atoms with van der Waals surface area (Å²) in [7, 11) is 0. The summed E-state index contributed by atoms with van der Waals surface area (Å²) in [4.78, 5) is 12.5. The van der Waals surface area contributed by atoms with Crippen LogP contribution in [0.3, 0.4) is 0 Å². The Morgan fingerprint density at radius 3 is 2.44 bits per heavy atom. The number of esters is 1. The summed E-state index contributed by atoms with van der Waals surface area (Å²) < 4.78 is 35.7. The lowest BCUT2D eigenvalue weighted by Gasteiger charge is -2.26. The number of nitrogens with zero attached hydrogens (tertiary/aromatic N) is 1. The summed E-state index contributed by atoms with van der Waals surface area (Å²) in [6.45, 7) is 1.80. The molecule has 4 aromatic rings. The average Bonchev–Trinajstić information content (AvgIpc) is 2.96.